The van der Waals surface area contributed by atoms with E-state index in [4.69, 9.17) is 4.74 Å². The molecule has 5 rings (SSSR count). The molecule has 1 aliphatic carbocycles. The van der Waals surface area contributed by atoms with Crippen LogP contribution in [0.1, 0.15) is 72.7 Å². The molecule has 0 unspecified atom stereocenters. The van der Waals surface area contributed by atoms with Crippen LogP contribution in [0.25, 0.3) is 11.4 Å². The van der Waals surface area contributed by atoms with Gasteiger partial charge in [0, 0.05) is 67.6 Å². The Bertz CT molecular complexity index is 1360. The van der Waals surface area contributed by atoms with E-state index < -0.39 is 5.60 Å². The molecule has 3 heterocycles. The number of hydrogen-bond donors (Lipinski definition) is 1. The van der Waals surface area contributed by atoms with Crippen LogP contribution in [0, 0.1) is 0 Å². The van der Waals surface area contributed by atoms with Crippen molar-refractivity contribution < 1.29 is 19.1 Å². The smallest absolute Gasteiger partial charge is 0.410 e. The quantitative estimate of drug-likeness (QED) is 0.456. The molecule has 1 N–H and O–H groups in total. The fraction of sp³-hybridized carbons (Fsp3) is 0.419. The number of amides is 3. The van der Waals surface area contributed by atoms with Gasteiger partial charge in [-0.05, 0) is 70.2 Å². The third kappa shape index (κ3) is 7.25. The number of nitrogens with zero attached hydrogens (tertiary/aromatic N) is 5. The van der Waals surface area contributed by atoms with Gasteiger partial charge in [0.15, 0.2) is 5.82 Å². The predicted octanol–water partition coefficient (Wildman–Crippen LogP) is 4.47. The number of nitrogens with one attached hydrogen (secondary N) is 1. The molecule has 2 aromatic heterocycles. The minimum atomic E-state index is -0.534. The molecule has 2 fully saturated rings. The molecule has 1 saturated heterocycles. The summed E-state index contributed by atoms with van der Waals surface area (Å²) in [5.74, 6) is 0.224. The fourth-order valence-corrected chi connectivity index (χ4v) is 4.93. The van der Waals surface area contributed by atoms with E-state index in [1.807, 2.05) is 37.8 Å². The first-order valence-corrected chi connectivity index (χ1v) is 14.1. The lowest BCUT2D eigenvalue weighted by Crippen LogP contribution is -2.50. The van der Waals surface area contributed by atoms with Crippen molar-refractivity contribution in [2.45, 2.75) is 70.7 Å². The van der Waals surface area contributed by atoms with E-state index in [-0.39, 0.29) is 30.0 Å². The summed E-state index contributed by atoms with van der Waals surface area (Å²) in [4.78, 5) is 55.2. The summed E-state index contributed by atoms with van der Waals surface area (Å²) in [6.45, 7) is 7.09. The van der Waals surface area contributed by atoms with Crippen LogP contribution < -0.4 is 5.32 Å². The summed E-state index contributed by atoms with van der Waals surface area (Å²) in [5.41, 5.74) is 2.12. The van der Waals surface area contributed by atoms with Gasteiger partial charge in [0.1, 0.15) is 5.60 Å². The van der Waals surface area contributed by atoms with Crippen LogP contribution in [0.15, 0.2) is 61.2 Å². The Labute approximate surface area is 240 Å². The van der Waals surface area contributed by atoms with Crippen LogP contribution in [-0.4, -0.2) is 73.4 Å². The van der Waals surface area contributed by atoms with Gasteiger partial charge < -0.3 is 19.9 Å². The topological polar surface area (TPSA) is 118 Å². The lowest BCUT2D eigenvalue weighted by molar-refractivity contribution is 0.0142. The number of rotatable bonds is 7. The molecule has 41 heavy (non-hydrogen) atoms. The molecule has 10 nitrogen and oxygen atoms in total. The number of carbonyl (C=O) groups is 3. The number of ether oxygens (including phenoxy) is 1. The Kier molecular flexibility index (Phi) is 8.28. The van der Waals surface area contributed by atoms with Crippen LogP contribution >= 0.6 is 0 Å². The van der Waals surface area contributed by atoms with Crippen LogP contribution in [0.3, 0.4) is 0 Å². The van der Waals surface area contributed by atoms with Gasteiger partial charge in [0.25, 0.3) is 11.8 Å². The van der Waals surface area contributed by atoms with E-state index >= 15 is 0 Å². The summed E-state index contributed by atoms with van der Waals surface area (Å²) in [7, 11) is 0. The van der Waals surface area contributed by atoms with Crippen LogP contribution in [0.4, 0.5) is 4.79 Å². The minimum Gasteiger partial charge on any atom is -0.444 e. The Balaban J connectivity index is 1.18. The maximum atomic E-state index is 13.6. The maximum absolute atomic E-state index is 13.6. The molecule has 0 bridgehead atoms. The van der Waals surface area contributed by atoms with Crippen LogP contribution in [0.2, 0.25) is 0 Å². The second-order valence-electron chi connectivity index (χ2n) is 11.6. The number of hydrogen-bond acceptors (Lipinski definition) is 7. The first-order chi connectivity index (χ1) is 19.7. The second-order valence-corrected chi connectivity index (χ2v) is 11.6. The highest BCUT2D eigenvalue weighted by molar-refractivity contribution is 5.95. The van der Waals surface area contributed by atoms with Gasteiger partial charge >= 0.3 is 6.09 Å². The van der Waals surface area contributed by atoms with Crippen molar-refractivity contribution in [1.29, 1.82) is 0 Å². The van der Waals surface area contributed by atoms with E-state index in [1.165, 1.54) is 0 Å². The first-order valence-electron chi connectivity index (χ1n) is 14.1. The molecule has 1 aromatic carbocycles. The summed E-state index contributed by atoms with van der Waals surface area (Å²) in [5, 5.41) is 2.88. The molecular weight excluding hydrogens is 520 g/mol. The molecular formula is C31H36N6O4. The van der Waals surface area contributed by atoms with Gasteiger partial charge in [-0.25, -0.2) is 14.8 Å². The van der Waals surface area contributed by atoms with E-state index in [0.29, 0.717) is 49.4 Å². The Hall–Kier alpha value is -4.34. The fourth-order valence-electron chi connectivity index (χ4n) is 4.93. The van der Waals surface area contributed by atoms with Gasteiger partial charge in [0.2, 0.25) is 0 Å². The van der Waals surface area contributed by atoms with Gasteiger partial charge in [0.05, 0.1) is 5.56 Å². The van der Waals surface area contributed by atoms with Gasteiger partial charge in [-0.3, -0.25) is 14.6 Å². The molecule has 0 spiro atoms. The van der Waals surface area contributed by atoms with E-state index in [1.54, 1.807) is 54.0 Å². The zero-order valence-electron chi connectivity index (χ0n) is 23.7. The summed E-state index contributed by atoms with van der Waals surface area (Å²) < 4.78 is 5.51. The van der Waals surface area contributed by atoms with Crippen molar-refractivity contribution in [1.82, 2.24) is 30.1 Å². The van der Waals surface area contributed by atoms with Crippen molar-refractivity contribution in [2.75, 3.05) is 13.1 Å². The zero-order chi connectivity index (χ0) is 29.0. The molecule has 0 atom stereocenters. The highest BCUT2D eigenvalue weighted by atomic mass is 16.6. The molecule has 2 aliphatic rings. The van der Waals surface area contributed by atoms with Gasteiger partial charge in [-0.2, -0.15) is 0 Å². The molecule has 1 aliphatic heterocycles. The highest BCUT2D eigenvalue weighted by Gasteiger charge is 2.40. The van der Waals surface area contributed by atoms with Crippen LogP contribution in [-0.2, 0) is 11.3 Å². The average Bonchev–Trinajstić information content (AvgIpc) is 3.81. The lowest BCUT2D eigenvalue weighted by atomic mass is 10.0. The number of carbonyl (C=O) groups excluding carboxylic acids is 3. The standard InChI is InChI=1S/C31H36N6O4/c1-31(2,3)41-30(40)36-15-12-26(13-16-36)37(25-10-11-25)29(39)24-19-33-27(34-20-24)22-6-8-23(9-7-22)28(38)35-18-21-5-4-14-32-17-21/h4-9,14,17,19-20,25-26H,10-13,15-16,18H2,1-3H3,(H,35,38). The van der Waals surface area contributed by atoms with Crippen molar-refractivity contribution in [3.05, 3.63) is 77.9 Å². The molecule has 3 aromatic rings. The Morgan fingerprint density at radius 2 is 1.59 bits per heavy atom. The van der Waals surface area contributed by atoms with E-state index in [0.717, 1.165) is 24.0 Å². The van der Waals surface area contributed by atoms with Crippen molar-refractivity contribution in [3.8, 4) is 11.4 Å². The minimum absolute atomic E-state index is 0.0604. The average molecular weight is 557 g/mol. The molecule has 0 radical (unpaired) electrons. The van der Waals surface area contributed by atoms with Gasteiger partial charge in [-0.1, -0.05) is 18.2 Å². The molecule has 1 saturated carbocycles. The number of benzene rings is 1. The second kappa shape index (κ2) is 12.0. The predicted molar refractivity (Wildman–Crippen MR) is 153 cm³/mol. The van der Waals surface area contributed by atoms with Crippen molar-refractivity contribution >= 4 is 17.9 Å². The lowest BCUT2D eigenvalue weighted by Gasteiger charge is -2.39. The third-order valence-corrected chi connectivity index (χ3v) is 7.16. The summed E-state index contributed by atoms with van der Waals surface area (Å²) in [6.07, 6.45) is 9.64. The monoisotopic (exact) mass is 556 g/mol. The van der Waals surface area contributed by atoms with Gasteiger partial charge in [-0.15, -0.1) is 0 Å². The first kappa shape index (κ1) is 28.2. The number of pyridine rings is 1. The third-order valence-electron chi connectivity index (χ3n) is 7.16. The Morgan fingerprint density at radius 1 is 0.927 bits per heavy atom. The van der Waals surface area contributed by atoms with E-state index in [9.17, 15) is 14.4 Å². The molecule has 10 heteroatoms. The van der Waals surface area contributed by atoms with Crippen LogP contribution in [0.5, 0.6) is 0 Å². The SMILES string of the molecule is CC(C)(C)OC(=O)N1CCC(N(C(=O)c2cnc(-c3ccc(C(=O)NCc4cccnc4)cc3)nc2)C2CC2)CC1. The Morgan fingerprint density at radius 3 is 2.17 bits per heavy atom. The molecule has 214 valence electrons. The largest absolute Gasteiger partial charge is 0.444 e. The van der Waals surface area contributed by atoms with Crippen molar-refractivity contribution in [3.63, 3.8) is 0 Å². The number of aromatic nitrogens is 3. The highest BCUT2D eigenvalue weighted by Crippen LogP contribution is 2.33. The number of piperidine rings is 1. The molecule has 3 amide bonds. The summed E-state index contributed by atoms with van der Waals surface area (Å²) >= 11 is 0. The van der Waals surface area contributed by atoms with E-state index in [2.05, 4.69) is 20.3 Å². The maximum Gasteiger partial charge on any atom is 0.410 e. The van der Waals surface area contributed by atoms with Crippen molar-refractivity contribution in [2.24, 2.45) is 0 Å². The number of likely N-dealkylation sites (tertiary alicyclic amines) is 1. The normalized spacial score (nSPS) is 15.7. The summed E-state index contributed by atoms with van der Waals surface area (Å²) in [6, 6.07) is 11.1. The zero-order valence-corrected chi connectivity index (χ0v) is 23.7.